The molecule has 0 radical (unpaired) electrons. The fraction of sp³-hybridized carbons (Fsp3) is 0.244. The van der Waals surface area contributed by atoms with Gasteiger partial charge in [0.2, 0.25) is 0 Å². The van der Waals surface area contributed by atoms with Crippen LogP contribution in [0.3, 0.4) is 0 Å². The average molecular weight is 667 g/mol. The summed E-state index contributed by atoms with van der Waals surface area (Å²) in [5, 5.41) is 11.4. The SMILES string of the molecule is Cc1ccc(-c2c3nc(c(-c4ccc(C(=O)OCC[Si](C)(C)C)cc4)c4ccc(cc5nc(cc6ccc2[nH]6)C(C)(C)C5O)[nH]4)C=C3)cc1. The van der Waals surface area contributed by atoms with Gasteiger partial charge >= 0.3 is 5.97 Å². The molecule has 8 heteroatoms. The van der Waals surface area contributed by atoms with Gasteiger partial charge in [0, 0.05) is 46.7 Å². The van der Waals surface area contributed by atoms with Crippen LogP contribution < -0.4 is 0 Å². The minimum atomic E-state index is -1.32. The number of aromatic amines is 2. The Bertz CT molecular complexity index is 2260. The standard InChI is InChI=1S/C41H42N4O3Si/c1-25-7-9-26(10-8-25)37-32-18-16-30(43-32)24-36-41(2,3)39(46)35(45-36)23-29-15-17-31(42-29)38(34-20-19-33(37)44-34)27-11-13-28(14-12-27)40(47)48-21-22-49(4,5)6/h7-20,23-24,39,42-43,46H,21-22H2,1-6H3. The van der Waals surface area contributed by atoms with Crippen LogP contribution in [0.4, 0.5) is 0 Å². The van der Waals surface area contributed by atoms with Crippen LogP contribution in [-0.2, 0) is 10.2 Å². The highest BCUT2D eigenvalue weighted by Gasteiger charge is 2.38. The van der Waals surface area contributed by atoms with Crippen molar-refractivity contribution in [2.24, 2.45) is 0 Å². The van der Waals surface area contributed by atoms with Gasteiger partial charge in [-0.1, -0.05) is 75.5 Å². The van der Waals surface area contributed by atoms with Crippen molar-refractivity contribution in [2.45, 2.75) is 58.0 Å². The third kappa shape index (κ3) is 6.54. The number of esters is 1. The van der Waals surface area contributed by atoms with Crippen molar-refractivity contribution in [3.05, 3.63) is 119 Å². The number of nitrogens with zero attached hydrogens (tertiary/aromatic N) is 2. The van der Waals surface area contributed by atoms with E-state index in [1.807, 2.05) is 74.5 Å². The van der Waals surface area contributed by atoms with Gasteiger partial charge in [0.05, 0.1) is 34.9 Å². The Hall–Kier alpha value is -5.05. The van der Waals surface area contributed by atoms with Crippen LogP contribution in [0.1, 0.15) is 58.6 Å². The summed E-state index contributed by atoms with van der Waals surface area (Å²) in [6.07, 6.45) is 3.34. The summed E-state index contributed by atoms with van der Waals surface area (Å²) < 4.78 is 5.61. The van der Waals surface area contributed by atoms with Gasteiger partial charge < -0.3 is 19.8 Å². The van der Waals surface area contributed by atoms with Crippen molar-refractivity contribution in [3.63, 3.8) is 0 Å². The number of benzene rings is 2. The molecule has 1 unspecified atom stereocenters. The van der Waals surface area contributed by atoms with Gasteiger partial charge in [-0.3, -0.25) is 4.98 Å². The van der Waals surface area contributed by atoms with E-state index in [1.54, 1.807) is 0 Å². The Balaban J connectivity index is 1.45. The molecule has 7 rings (SSSR count). The lowest BCUT2D eigenvalue weighted by atomic mass is 9.84. The summed E-state index contributed by atoms with van der Waals surface area (Å²) in [6, 6.07) is 29.0. The zero-order chi connectivity index (χ0) is 34.5. The lowest BCUT2D eigenvalue weighted by Crippen LogP contribution is -2.22. The number of nitrogens with one attached hydrogen (secondary N) is 2. The molecule has 5 aromatic rings. The fourth-order valence-electron chi connectivity index (χ4n) is 6.32. The first-order valence-electron chi connectivity index (χ1n) is 16.8. The molecule has 7 nitrogen and oxygen atoms in total. The highest BCUT2D eigenvalue weighted by atomic mass is 28.3. The number of H-pyrrole nitrogens is 2. The monoisotopic (exact) mass is 666 g/mol. The van der Waals surface area contributed by atoms with Gasteiger partial charge in [-0.25, -0.2) is 9.78 Å². The number of carbonyl (C=O) groups excluding carboxylic acids is 1. The second kappa shape index (κ2) is 12.4. The molecule has 2 aliphatic heterocycles. The minimum Gasteiger partial charge on any atom is -0.462 e. The van der Waals surface area contributed by atoms with E-state index in [4.69, 9.17) is 14.7 Å². The second-order valence-electron chi connectivity index (χ2n) is 14.8. The van der Waals surface area contributed by atoms with Crippen molar-refractivity contribution >= 4 is 48.3 Å². The van der Waals surface area contributed by atoms with Gasteiger partial charge in [-0.2, -0.15) is 0 Å². The van der Waals surface area contributed by atoms with E-state index in [0.29, 0.717) is 17.9 Å². The molecule has 0 saturated carbocycles. The first-order chi connectivity index (χ1) is 23.4. The van der Waals surface area contributed by atoms with Crippen LogP contribution in [0.25, 0.3) is 56.5 Å². The molecule has 49 heavy (non-hydrogen) atoms. The molecular weight excluding hydrogens is 625 g/mol. The van der Waals surface area contributed by atoms with Gasteiger partial charge in [-0.15, -0.1) is 0 Å². The predicted octanol–water partition coefficient (Wildman–Crippen LogP) is 9.63. The average Bonchev–Trinajstić information content (AvgIpc) is 3.86. The van der Waals surface area contributed by atoms with Gasteiger partial charge in [-0.05, 0) is 84.8 Å². The molecule has 0 aliphatic carbocycles. The molecule has 1 atom stereocenters. The molecule has 5 heterocycles. The molecule has 0 fully saturated rings. The van der Waals surface area contributed by atoms with Gasteiger partial charge in [0.15, 0.2) is 0 Å². The predicted molar refractivity (Wildman–Crippen MR) is 202 cm³/mol. The number of aromatic nitrogens is 4. The van der Waals surface area contributed by atoms with Gasteiger partial charge in [0.25, 0.3) is 0 Å². The third-order valence-electron chi connectivity index (χ3n) is 9.41. The van der Waals surface area contributed by atoms with Crippen LogP contribution in [0.5, 0.6) is 0 Å². The van der Waals surface area contributed by atoms with Crippen molar-refractivity contribution < 1.29 is 14.6 Å². The molecule has 0 saturated heterocycles. The quantitative estimate of drug-likeness (QED) is 0.121. The molecule has 3 aromatic heterocycles. The van der Waals surface area contributed by atoms with Crippen LogP contribution in [0.2, 0.25) is 25.7 Å². The van der Waals surface area contributed by atoms with E-state index in [9.17, 15) is 9.90 Å². The third-order valence-corrected chi connectivity index (χ3v) is 11.1. The van der Waals surface area contributed by atoms with Crippen LogP contribution in [0.15, 0.2) is 84.9 Å². The van der Waals surface area contributed by atoms with Gasteiger partial charge in [0.1, 0.15) is 6.10 Å². The number of aryl methyl sites for hydroxylation is 1. The molecule has 8 bridgehead atoms. The maximum atomic E-state index is 12.9. The molecule has 0 amide bonds. The molecule has 0 spiro atoms. The highest BCUT2D eigenvalue weighted by Crippen LogP contribution is 2.40. The number of aliphatic hydroxyl groups is 1. The maximum Gasteiger partial charge on any atom is 0.338 e. The molecule has 2 aliphatic rings. The maximum absolute atomic E-state index is 12.9. The number of fused-ring (bicyclic) bond motifs is 8. The number of ether oxygens (including phenoxy) is 1. The summed E-state index contributed by atoms with van der Waals surface area (Å²) in [5.74, 6) is -0.312. The lowest BCUT2D eigenvalue weighted by molar-refractivity contribution is 0.0525. The van der Waals surface area contributed by atoms with E-state index in [2.05, 4.69) is 72.9 Å². The minimum absolute atomic E-state index is 0.312. The fourth-order valence-corrected chi connectivity index (χ4v) is 7.04. The van der Waals surface area contributed by atoms with Crippen molar-refractivity contribution in [3.8, 4) is 22.3 Å². The van der Waals surface area contributed by atoms with Crippen molar-refractivity contribution in [2.75, 3.05) is 6.61 Å². The lowest BCUT2D eigenvalue weighted by Gasteiger charge is -2.22. The van der Waals surface area contributed by atoms with Crippen LogP contribution in [0, 0.1) is 6.92 Å². The first-order valence-corrected chi connectivity index (χ1v) is 20.5. The summed E-state index contributed by atoms with van der Waals surface area (Å²) in [5.41, 5.74) is 11.5. The Morgan fingerprint density at radius 2 is 1.35 bits per heavy atom. The number of carbonyl (C=O) groups is 1. The Morgan fingerprint density at radius 3 is 1.92 bits per heavy atom. The van der Waals surface area contributed by atoms with Crippen molar-refractivity contribution in [1.82, 2.24) is 19.9 Å². The van der Waals surface area contributed by atoms with Crippen LogP contribution >= 0.6 is 0 Å². The van der Waals surface area contributed by atoms with E-state index in [-0.39, 0.29) is 5.97 Å². The Morgan fingerprint density at radius 1 is 0.796 bits per heavy atom. The van der Waals surface area contributed by atoms with E-state index in [0.717, 1.165) is 67.4 Å². The Labute approximate surface area is 287 Å². The highest BCUT2D eigenvalue weighted by molar-refractivity contribution is 6.76. The Kier molecular flexibility index (Phi) is 8.25. The molecule has 248 valence electrons. The number of rotatable bonds is 6. The molecule has 2 aromatic carbocycles. The number of hydrogen-bond acceptors (Lipinski definition) is 5. The van der Waals surface area contributed by atoms with Crippen molar-refractivity contribution in [1.29, 1.82) is 0 Å². The zero-order valence-corrected chi connectivity index (χ0v) is 29.9. The molecule has 3 N–H and O–H groups in total. The summed E-state index contributed by atoms with van der Waals surface area (Å²) in [7, 11) is -1.32. The van der Waals surface area contributed by atoms with E-state index >= 15 is 0 Å². The zero-order valence-electron chi connectivity index (χ0n) is 28.9. The number of hydrogen-bond donors (Lipinski definition) is 3. The smallest absolute Gasteiger partial charge is 0.338 e. The van der Waals surface area contributed by atoms with E-state index in [1.165, 1.54) is 5.56 Å². The largest absolute Gasteiger partial charge is 0.462 e. The molecular formula is C41H42N4O3Si. The van der Waals surface area contributed by atoms with Crippen LogP contribution in [-0.4, -0.2) is 45.7 Å². The topological polar surface area (TPSA) is 104 Å². The summed E-state index contributed by atoms with van der Waals surface area (Å²) >= 11 is 0. The second-order valence-corrected chi connectivity index (χ2v) is 20.5. The van der Waals surface area contributed by atoms with E-state index < -0.39 is 19.6 Å². The number of aliphatic hydroxyl groups excluding tert-OH is 1. The summed E-state index contributed by atoms with van der Waals surface area (Å²) in [4.78, 5) is 30.2. The first kappa shape index (κ1) is 32.5. The summed E-state index contributed by atoms with van der Waals surface area (Å²) in [6.45, 7) is 13.4. The normalized spacial score (nSPS) is 15.4.